The second-order valence-electron chi connectivity index (χ2n) is 13.2. The summed E-state index contributed by atoms with van der Waals surface area (Å²) < 4.78 is 25.1. The summed E-state index contributed by atoms with van der Waals surface area (Å²) in [5.74, 6) is 4.59. The third-order valence-corrected chi connectivity index (χ3v) is 12.8. The molecule has 5 fully saturated rings. The van der Waals surface area contributed by atoms with Crippen molar-refractivity contribution in [3.05, 3.63) is 0 Å². The lowest BCUT2D eigenvalue weighted by Gasteiger charge is -2.58. The molecule has 9 unspecified atom stereocenters. The molecule has 5 rings (SSSR count). The number of piperazine rings is 1. The topological polar surface area (TPSA) is 77.9 Å². The van der Waals surface area contributed by atoms with E-state index in [1.165, 1.54) is 49.1 Å². The largest absolute Gasteiger partial charge is 0.390 e. The molecule has 9 atom stereocenters. The maximum Gasteiger partial charge on any atom is 0.211 e. The molecule has 0 amide bonds. The SMILES string of the molecule is CC1CC2C(CCC3C2CCC2(C)C(C(=O)CN4CCN(S(C)(=O)=O)CC4)CCC32)CC1(C)O. The summed E-state index contributed by atoms with van der Waals surface area (Å²) in [4.78, 5) is 15.7. The normalized spacial score (nSPS) is 48.1. The van der Waals surface area contributed by atoms with Crippen LogP contribution in [0.5, 0.6) is 0 Å². The van der Waals surface area contributed by atoms with Gasteiger partial charge in [0.05, 0.1) is 18.4 Å². The van der Waals surface area contributed by atoms with Crippen molar-refractivity contribution < 1.29 is 18.3 Å². The summed E-state index contributed by atoms with van der Waals surface area (Å²) in [6.07, 6.45) is 10.6. The van der Waals surface area contributed by atoms with Crippen LogP contribution in [0.2, 0.25) is 0 Å². The quantitative estimate of drug-likeness (QED) is 0.648. The molecule has 1 heterocycles. The third kappa shape index (κ3) is 4.31. The van der Waals surface area contributed by atoms with Gasteiger partial charge >= 0.3 is 0 Å². The van der Waals surface area contributed by atoms with Crippen molar-refractivity contribution in [1.29, 1.82) is 0 Å². The molecule has 34 heavy (non-hydrogen) atoms. The van der Waals surface area contributed by atoms with E-state index in [1.54, 1.807) is 0 Å². The van der Waals surface area contributed by atoms with Gasteiger partial charge in [0.25, 0.3) is 0 Å². The molecule has 1 aliphatic heterocycles. The van der Waals surface area contributed by atoms with Gasteiger partial charge < -0.3 is 5.11 Å². The molecule has 0 aromatic heterocycles. The Bertz CT molecular complexity index is 896. The molecular weight excluding hydrogens is 448 g/mol. The van der Waals surface area contributed by atoms with Gasteiger partial charge in [-0.2, -0.15) is 4.31 Å². The molecule has 4 aliphatic carbocycles. The van der Waals surface area contributed by atoms with Crippen LogP contribution >= 0.6 is 0 Å². The minimum atomic E-state index is -3.14. The first-order chi connectivity index (χ1) is 15.9. The fourth-order valence-electron chi connectivity index (χ4n) is 9.33. The molecule has 6 nitrogen and oxygen atoms in total. The first-order valence-electron chi connectivity index (χ1n) is 13.8. The maximum absolute atomic E-state index is 13.6. The lowest BCUT2D eigenvalue weighted by atomic mass is 9.48. The van der Waals surface area contributed by atoms with Crippen LogP contribution in [0.25, 0.3) is 0 Å². The molecule has 194 valence electrons. The number of carbonyl (C=O) groups is 1. The summed E-state index contributed by atoms with van der Waals surface area (Å²) >= 11 is 0. The van der Waals surface area contributed by atoms with Crippen LogP contribution < -0.4 is 0 Å². The van der Waals surface area contributed by atoms with E-state index in [1.807, 2.05) is 6.92 Å². The summed E-state index contributed by atoms with van der Waals surface area (Å²) in [5, 5.41) is 10.9. The van der Waals surface area contributed by atoms with Gasteiger partial charge in [-0.05, 0) is 99.2 Å². The number of sulfonamides is 1. The van der Waals surface area contributed by atoms with Crippen LogP contribution in [-0.2, 0) is 14.8 Å². The first kappa shape index (κ1) is 25.2. The third-order valence-electron chi connectivity index (χ3n) is 11.4. The van der Waals surface area contributed by atoms with Crippen LogP contribution in [0.15, 0.2) is 0 Å². The smallest absolute Gasteiger partial charge is 0.211 e. The number of ketones is 1. The molecule has 0 aromatic rings. The molecule has 1 N–H and O–H groups in total. The Hall–Kier alpha value is -0.500. The van der Waals surface area contributed by atoms with E-state index >= 15 is 0 Å². The van der Waals surface area contributed by atoms with Gasteiger partial charge in [-0.15, -0.1) is 0 Å². The highest BCUT2D eigenvalue weighted by atomic mass is 32.2. The van der Waals surface area contributed by atoms with E-state index in [2.05, 4.69) is 18.7 Å². The lowest BCUT2D eigenvalue weighted by Crippen LogP contribution is -2.53. The van der Waals surface area contributed by atoms with E-state index in [-0.39, 0.29) is 11.3 Å². The van der Waals surface area contributed by atoms with Gasteiger partial charge in [0, 0.05) is 32.1 Å². The highest BCUT2D eigenvalue weighted by Crippen LogP contribution is 2.65. The minimum Gasteiger partial charge on any atom is -0.390 e. The standard InChI is InChI=1S/C27H46N2O4S/c1-18-15-22-19(16-27(18,3)31)5-6-21-20(22)9-10-26(2)23(21)7-8-24(26)25(30)17-28-11-13-29(14-12-28)34(4,32)33/h18-24,31H,5-17H2,1-4H3. The average Bonchev–Trinajstić information content (AvgIpc) is 3.11. The number of hydrogen-bond donors (Lipinski definition) is 1. The number of fused-ring (bicyclic) bond motifs is 5. The van der Waals surface area contributed by atoms with Crippen LogP contribution in [0, 0.1) is 46.8 Å². The number of carbonyl (C=O) groups excluding carboxylic acids is 1. The molecule has 0 radical (unpaired) electrons. The number of nitrogens with zero attached hydrogens (tertiary/aromatic N) is 2. The van der Waals surface area contributed by atoms with Gasteiger partial charge in [-0.25, -0.2) is 8.42 Å². The van der Waals surface area contributed by atoms with Crippen LogP contribution in [0.1, 0.15) is 72.1 Å². The van der Waals surface area contributed by atoms with Gasteiger partial charge in [0.1, 0.15) is 5.78 Å². The molecular formula is C27H46N2O4S. The van der Waals surface area contributed by atoms with Crippen molar-refractivity contribution in [2.45, 2.75) is 77.7 Å². The predicted molar refractivity (Wildman–Crippen MR) is 134 cm³/mol. The van der Waals surface area contributed by atoms with E-state index in [0.717, 1.165) is 30.6 Å². The first-order valence-corrected chi connectivity index (χ1v) is 15.7. The Morgan fingerprint density at radius 3 is 2.35 bits per heavy atom. The van der Waals surface area contributed by atoms with Crippen LogP contribution in [0.4, 0.5) is 0 Å². The monoisotopic (exact) mass is 494 g/mol. The molecule has 0 bridgehead atoms. The highest BCUT2D eigenvalue weighted by Gasteiger charge is 2.59. The van der Waals surface area contributed by atoms with Crippen molar-refractivity contribution in [3.8, 4) is 0 Å². The Morgan fingerprint density at radius 1 is 0.971 bits per heavy atom. The van der Waals surface area contributed by atoms with E-state index in [4.69, 9.17) is 0 Å². The fourth-order valence-corrected chi connectivity index (χ4v) is 10.2. The zero-order chi connectivity index (χ0) is 24.5. The van der Waals surface area contributed by atoms with E-state index in [9.17, 15) is 18.3 Å². The van der Waals surface area contributed by atoms with E-state index < -0.39 is 15.6 Å². The van der Waals surface area contributed by atoms with Crippen molar-refractivity contribution >= 4 is 15.8 Å². The molecule has 0 spiro atoms. The molecule has 7 heteroatoms. The Morgan fingerprint density at radius 2 is 1.68 bits per heavy atom. The maximum atomic E-state index is 13.6. The summed E-state index contributed by atoms with van der Waals surface area (Å²) in [6.45, 7) is 9.49. The van der Waals surface area contributed by atoms with Gasteiger partial charge in [0.15, 0.2) is 0 Å². The second kappa shape index (κ2) is 8.81. The van der Waals surface area contributed by atoms with Crippen molar-refractivity contribution in [1.82, 2.24) is 9.21 Å². The minimum absolute atomic E-state index is 0.130. The van der Waals surface area contributed by atoms with E-state index in [0.29, 0.717) is 56.3 Å². The highest BCUT2D eigenvalue weighted by molar-refractivity contribution is 7.88. The van der Waals surface area contributed by atoms with Gasteiger partial charge in [-0.3, -0.25) is 9.69 Å². The summed E-state index contributed by atoms with van der Waals surface area (Å²) in [5.41, 5.74) is -0.375. The molecule has 1 saturated heterocycles. The zero-order valence-electron chi connectivity index (χ0n) is 21.7. The zero-order valence-corrected chi connectivity index (χ0v) is 22.5. The number of hydrogen-bond acceptors (Lipinski definition) is 5. The second-order valence-corrected chi connectivity index (χ2v) is 15.2. The number of rotatable bonds is 4. The van der Waals surface area contributed by atoms with Crippen LogP contribution in [0.3, 0.4) is 0 Å². The average molecular weight is 495 g/mol. The molecule has 5 aliphatic rings. The van der Waals surface area contributed by atoms with Crippen LogP contribution in [-0.4, -0.2) is 73.1 Å². The number of Topliss-reactive ketones (excluding diaryl/α,β-unsaturated/α-hetero) is 1. The Balaban J connectivity index is 1.23. The Kier molecular flexibility index (Phi) is 6.52. The lowest BCUT2D eigenvalue weighted by molar-refractivity contribution is -0.137. The van der Waals surface area contributed by atoms with Crippen molar-refractivity contribution in [2.75, 3.05) is 39.0 Å². The predicted octanol–water partition coefficient (Wildman–Crippen LogP) is 3.40. The summed E-state index contributed by atoms with van der Waals surface area (Å²) in [7, 11) is -3.14. The van der Waals surface area contributed by atoms with Gasteiger partial charge in [0.2, 0.25) is 10.0 Å². The Labute approximate surface area is 206 Å². The summed E-state index contributed by atoms with van der Waals surface area (Å²) in [6, 6.07) is 0. The number of aliphatic hydroxyl groups is 1. The molecule has 4 saturated carbocycles. The van der Waals surface area contributed by atoms with Gasteiger partial charge in [-0.1, -0.05) is 13.8 Å². The molecule has 0 aromatic carbocycles. The van der Waals surface area contributed by atoms with Crippen molar-refractivity contribution in [3.63, 3.8) is 0 Å². The fraction of sp³-hybridized carbons (Fsp3) is 0.963. The van der Waals surface area contributed by atoms with Crippen molar-refractivity contribution in [2.24, 2.45) is 46.8 Å².